The Morgan fingerprint density at radius 1 is 1.38 bits per heavy atom. The van der Waals surface area contributed by atoms with Gasteiger partial charge in [-0.3, -0.25) is 4.79 Å². The highest BCUT2D eigenvalue weighted by molar-refractivity contribution is 7.99. The summed E-state index contributed by atoms with van der Waals surface area (Å²) in [6.07, 6.45) is 2.80. The summed E-state index contributed by atoms with van der Waals surface area (Å²) in [6, 6.07) is 9.65. The quantitative estimate of drug-likeness (QED) is 0.725. The number of aromatic amines is 1. The maximum atomic E-state index is 10.7. The molecule has 0 unspecified atom stereocenters. The second kappa shape index (κ2) is 5.49. The van der Waals surface area contributed by atoms with E-state index in [-0.39, 0.29) is 0 Å². The highest BCUT2D eigenvalue weighted by atomic mass is 32.2. The number of aromatic nitrogens is 2. The van der Waals surface area contributed by atoms with Crippen LogP contribution in [0.3, 0.4) is 0 Å². The van der Waals surface area contributed by atoms with Crippen molar-refractivity contribution in [2.24, 2.45) is 5.73 Å². The molecule has 0 saturated carbocycles. The normalized spacial score (nSPS) is 11.5. The molecule has 6 heteroatoms. The van der Waals surface area contributed by atoms with Gasteiger partial charge in [-0.15, -0.1) is 0 Å². The van der Waals surface area contributed by atoms with E-state index in [1.807, 2.05) is 25.1 Å². The van der Waals surface area contributed by atoms with Crippen LogP contribution in [0.25, 0.3) is 17.1 Å². The fourth-order valence-electron chi connectivity index (χ4n) is 1.89. The average molecular weight is 299 g/mol. The molecule has 3 N–H and O–H groups in total. The van der Waals surface area contributed by atoms with Gasteiger partial charge in [0.25, 0.3) is 0 Å². The summed E-state index contributed by atoms with van der Waals surface area (Å²) in [4.78, 5) is 18.4. The highest BCUT2D eigenvalue weighted by Gasteiger charge is 2.07. The number of aryl methyl sites for hydroxylation is 1. The SMILES string of the molecule is Cc1ccc2nc(Sc3ccc(/C=C\C(N)=O)o3)[nH]c2c1. The Labute approximate surface area is 125 Å². The van der Waals surface area contributed by atoms with Gasteiger partial charge in [0.05, 0.1) is 11.0 Å². The zero-order valence-corrected chi connectivity index (χ0v) is 12.1. The molecule has 1 aromatic carbocycles. The van der Waals surface area contributed by atoms with Crippen LogP contribution in [0.4, 0.5) is 0 Å². The Bertz CT molecular complexity index is 832. The molecule has 0 radical (unpaired) electrons. The first-order valence-corrected chi connectivity index (χ1v) is 7.13. The number of rotatable bonds is 4. The van der Waals surface area contributed by atoms with E-state index < -0.39 is 5.91 Å². The van der Waals surface area contributed by atoms with E-state index in [9.17, 15) is 4.79 Å². The van der Waals surface area contributed by atoms with Crippen LogP contribution in [-0.2, 0) is 4.79 Å². The lowest BCUT2D eigenvalue weighted by molar-refractivity contribution is -0.113. The van der Waals surface area contributed by atoms with Crippen molar-refractivity contribution in [1.82, 2.24) is 9.97 Å². The molecule has 2 heterocycles. The summed E-state index contributed by atoms with van der Waals surface area (Å²) in [5.41, 5.74) is 8.14. The molecule has 0 spiro atoms. The summed E-state index contributed by atoms with van der Waals surface area (Å²) in [7, 11) is 0. The third-order valence-corrected chi connectivity index (χ3v) is 3.63. The largest absolute Gasteiger partial charge is 0.450 e. The predicted octanol–water partition coefficient (Wildman–Crippen LogP) is 3.11. The minimum absolute atomic E-state index is 0.506. The minimum atomic E-state index is -0.506. The second-order valence-corrected chi connectivity index (χ2v) is 5.55. The highest BCUT2D eigenvalue weighted by Crippen LogP contribution is 2.29. The van der Waals surface area contributed by atoms with E-state index in [2.05, 4.69) is 16.0 Å². The number of imidazole rings is 1. The van der Waals surface area contributed by atoms with Crippen molar-refractivity contribution < 1.29 is 9.21 Å². The molecule has 1 amide bonds. The van der Waals surface area contributed by atoms with Crippen molar-refractivity contribution in [2.75, 3.05) is 0 Å². The molecule has 0 saturated heterocycles. The lowest BCUT2D eigenvalue weighted by atomic mass is 10.2. The summed E-state index contributed by atoms with van der Waals surface area (Å²) >= 11 is 1.39. The fourth-order valence-corrected chi connectivity index (χ4v) is 2.66. The molecule has 2 aromatic heterocycles. The van der Waals surface area contributed by atoms with Gasteiger partial charge in [-0.1, -0.05) is 6.07 Å². The molecule has 5 nitrogen and oxygen atoms in total. The Morgan fingerprint density at radius 2 is 2.24 bits per heavy atom. The fraction of sp³-hybridized carbons (Fsp3) is 0.0667. The predicted molar refractivity (Wildman–Crippen MR) is 81.9 cm³/mol. The lowest BCUT2D eigenvalue weighted by Crippen LogP contribution is -2.04. The van der Waals surface area contributed by atoms with Gasteiger partial charge in [0, 0.05) is 6.08 Å². The Hall–Kier alpha value is -2.47. The third-order valence-electron chi connectivity index (χ3n) is 2.83. The third kappa shape index (κ3) is 3.17. The van der Waals surface area contributed by atoms with E-state index in [1.165, 1.54) is 29.5 Å². The van der Waals surface area contributed by atoms with Crippen molar-refractivity contribution in [1.29, 1.82) is 0 Å². The minimum Gasteiger partial charge on any atom is -0.450 e. The zero-order chi connectivity index (χ0) is 14.8. The number of benzene rings is 1. The monoisotopic (exact) mass is 299 g/mol. The maximum absolute atomic E-state index is 10.7. The van der Waals surface area contributed by atoms with Gasteiger partial charge in [-0.2, -0.15) is 0 Å². The van der Waals surface area contributed by atoms with Gasteiger partial charge in [0.1, 0.15) is 5.76 Å². The van der Waals surface area contributed by atoms with Crippen molar-refractivity contribution in [3.8, 4) is 0 Å². The number of nitrogens with zero attached hydrogens (tertiary/aromatic N) is 1. The summed E-state index contributed by atoms with van der Waals surface area (Å²) in [5, 5.41) is 1.45. The molecule has 0 aliphatic rings. The number of hydrogen-bond donors (Lipinski definition) is 2. The molecular weight excluding hydrogens is 286 g/mol. The van der Waals surface area contributed by atoms with Crippen LogP contribution in [-0.4, -0.2) is 15.9 Å². The zero-order valence-electron chi connectivity index (χ0n) is 11.3. The lowest BCUT2D eigenvalue weighted by Gasteiger charge is -1.91. The smallest absolute Gasteiger partial charge is 0.241 e. The number of hydrogen-bond acceptors (Lipinski definition) is 4. The molecular formula is C15H13N3O2S. The van der Waals surface area contributed by atoms with Gasteiger partial charge in [0.2, 0.25) is 5.91 Å². The maximum Gasteiger partial charge on any atom is 0.241 e. The summed E-state index contributed by atoms with van der Waals surface area (Å²) in [5.74, 6) is 0.0662. The summed E-state index contributed by atoms with van der Waals surface area (Å²) < 4.78 is 5.57. The Kier molecular flexibility index (Phi) is 3.53. The van der Waals surface area contributed by atoms with Gasteiger partial charge in [0.15, 0.2) is 10.2 Å². The topological polar surface area (TPSA) is 84.9 Å². The molecule has 0 bridgehead atoms. The number of fused-ring (bicyclic) bond motifs is 1. The van der Waals surface area contributed by atoms with Crippen LogP contribution in [0.1, 0.15) is 11.3 Å². The molecule has 3 rings (SSSR count). The van der Waals surface area contributed by atoms with Crippen molar-refractivity contribution in [3.63, 3.8) is 0 Å². The Balaban J connectivity index is 1.80. The molecule has 21 heavy (non-hydrogen) atoms. The van der Waals surface area contributed by atoms with Gasteiger partial charge < -0.3 is 15.1 Å². The molecule has 3 aromatic rings. The van der Waals surface area contributed by atoms with E-state index in [4.69, 9.17) is 10.2 Å². The number of nitrogens with two attached hydrogens (primary N) is 1. The average Bonchev–Trinajstić information content (AvgIpc) is 3.02. The van der Waals surface area contributed by atoms with E-state index in [0.717, 1.165) is 16.2 Å². The van der Waals surface area contributed by atoms with Crippen LogP contribution in [0.15, 0.2) is 51.1 Å². The molecule has 0 aliphatic heterocycles. The van der Waals surface area contributed by atoms with E-state index in [1.54, 1.807) is 6.07 Å². The van der Waals surface area contributed by atoms with Gasteiger partial charge in [-0.05, 0) is 54.6 Å². The van der Waals surface area contributed by atoms with Gasteiger partial charge >= 0.3 is 0 Å². The summed E-state index contributed by atoms with van der Waals surface area (Å²) in [6.45, 7) is 2.04. The van der Waals surface area contributed by atoms with Crippen LogP contribution >= 0.6 is 11.8 Å². The molecule has 0 aliphatic carbocycles. The van der Waals surface area contributed by atoms with Crippen molar-refractivity contribution in [3.05, 3.63) is 47.7 Å². The number of primary amides is 1. The van der Waals surface area contributed by atoms with Crippen LogP contribution < -0.4 is 5.73 Å². The van der Waals surface area contributed by atoms with Crippen LogP contribution in [0.5, 0.6) is 0 Å². The number of furan rings is 1. The first-order valence-electron chi connectivity index (χ1n) is 6.32. The molecule has 0 fully saturated rings. The molecule has 0 atom stereocenters. The van der Waals surface area contributed by atoms with E-state index in [0.29, 0.717) is 10.9 Å². The van der Waals surface area contributed by atoms with Crippen LogP contribution in [0, 0.1) is 6.92 Å². The van der Waals surface area contributed by atoms with Crippen molar-refractivity contribution in [2.45, 2.75) is 17.2 Å². The first-order chi connectivity index (χ1) is 10.1. The Morgan fingerprint density at radius 3 is 3.05 bits per heavy atom. The standard InChI is InChI=1S/C15H13N3O2S/c1-9-2-5-11-12(8-9)18-15(17-11)21-14-7-4-10(20-14)3-6-13(16)19/h2-8H,1H3,(H2,16,19)(H,17,18)/b6-3-. The second-order valence-electron chi connectivity index (χ2n) is 4.56. The number of amides is 1. The first kappa shape index (κ1) is 13.5. The number of H-pyrrole nitrogens is 1. The van der Waals surface area contributed by atoms with E-state index >= 15 is 0 Å². The van der Waals surface area contributed by atoms with Crippen molar-refractivity contribution >= 4 is 34.8 Å². The van der Waals surface area contributed by atoms with Gasteiger partial charge in [-0.25, -0.2) is 4.98 Å². The number of carbonyl (C=O) groups is 1. The number of carbonyl (C=O) groups excluding carboxylic acids is 1. The number of nitrogens with one attached hydrogen (secondary N) is 1. The van der Waals surface area contributed by atoms with Crippen LogP contribution in [0.2, 0.25) is 0 Å². The molecule has 106 valence electrons.